The van der Waals surface area contributed by atoms with Gasteiger partial charge in [-0.3, -0.25) is 9.78 Å². The molecule has 0 N–H and O–H groups in total. The number of hydrogen-bond donors (Lipinski definition) is 0. The lowest BCUT2D eigenvalue weighted by atomic mass is 10.1. The second-order valence-electron chi connectivity index (χ2n) is 5.10. The third-order valence-corrected chi connectivity index (χ3v) is 4.29. The number of ether oxygens (including phenoxy) is 1. The zero-order valence-corrected chi connectivity index (χ0v) is 12.9. The maximum atomic E-state index is 12.7. The van der Waals surface area contributed by atoms with Crippen molar-refractivity contribution in [3.63, 3.8) is 0 Å². The molecule has 2 aromatic heterocycles. The first-order valence-electron chi connectivity index (χ1n) is 6.88. The van der Waals surface area contributed by atoms with E-state index in [4.69, 9.17) is 4.74 Å². The van der Waals surface area contributed by atoms with Crippen LogP contribution in [0.2, 0.25) is 0 Å². The molecule has 0 aliphatic carbocycles. The Labute approximate surface area is 127 Å². The van der Waals surface area contributed by atoms with Crippen molar-refractivity contribution in [3.05, 3.63) is 45.7 Å². The molecule has 21 heavy (non-hydrogen) atoms. The Morgan fingerprint density at radius 3 is 3.05 bits per heavy atom. The number of aryl methyl sites for hydroxylation is 2. The van der Waals surface area contributed by atoms with Gasteiger partial charge < -0.3 is 9.64 Å². The Morgan fingerprint density at radius 1 is 1.48 bits per heavy atom. The summed E-state index contributed by atoms with van der Waals surface area (Å²) in [7, 11) is 0. The van der Waals surface area contributed by atoms with Gasteiger partial charge in [-0.1, -0.05) is 0 Å². The second-order valence-corrected chi connectivity index (χ2v) is 6.16. The average molecular weight is 303 g/mol. The highest BCUT2D eigenvalue weighted by molar-refractivity contribution is 7.09. The van der Waals surface area contributed by atoms with Crippen molar-refractivity contribution in [2.75, 3.05) is 19.8 Å². The van der Waals surface area contributed by atoms with Crippen LogP contribution in [0, 0.1) is 13.8 Å². The van der Waals surface area contributed by atoms with E-state index in [1.165, 1.54) is 0 Å². The lowest BCUT2D eigenvalue weighted by Gasteiger charge is -2.34. The zero-order chi connectivity index (χ0) is 14.8. The zero-order valence-electron chi connectivity index (χ0n) is 12.1. The third kappa shape index (κ3) is 2.96. The fourth-order valence-electron chi connectivity index (χ4n) is 2.43. The predicted octanol–water partition coefficient (Wildman–Crippen LogP) is 2.37. The number of thiazole rings is 1. The first kappa shape index (κ1) is 14.2. The Kier molecular flexibility index (Phi) is 3.98. The van der Waals surface area contributed by atoms with Crippen LogP contribution in [0.4, 0.5) is 0 Å². The van der Waals surface area contributed by atoms with Crippen LogP contribution in [0.15, 0.2) is 23.7 Å². The molecule has 1 fully saturated rings. The SMILES string of the molecule is Cc1ccnc(C(=O)N2CCOC[C@@H]2c2csc(C)n2)c1. The number of amides is 1. The largest absolute Gasteiger partial charge is 0.377 e. The van der Waals surface area contributed by atoms with Gasteiger partial charge in [-0.05, 0) is 31.5 Å². The van der Waals surface area contributed by atoms with Crippen LogP contribution in [-0.2, 0) is 4.74 Å². The van der Waals surface area contributed by atoms with E-state index in [0.717, 1.165) is 16.3 Å². The van der Waals surface area contributed by atoms with Crippen LogP contribution in [0.1, 0.15) is 32.8 Å². The summed E-state index contributed by atoms with van der Waals surface area (Å²) in [6, 6.07) is 3.58. The van der Waals surface area contributed by atoms with Crippen molar-refractivity contribution in [1.82, 2.24) is 14.9 Å². The average Bonchev–Trinajstić information content (AvgIpc) is 2.93. The molecule has 110 valence electrons. The first-order chi connectivity index (χ1) is 10.1. The maximum Gasteiger partial charge on any atom is 0.273 e. The number of pyridine rings is 1. The van der Waals surface area contributed by atoms with Gasteiger partial charge in [0.25, 0.3) is 5.91 Å². The molecule has 0 aromatic carbocycles. The van der Waals surface area contributed by atoms with E-state index in [9.17, 15) is 4.79 Å². The summed E-state index contributed by atoms with van der Waals surface area (Å²) in [4.78, 5) is 23.2. The molecule has 1 saturated heterocycles. The molecule has 0 unspecified atom stereocenters. The van der Waals surface area contributed by atoms with Gasteiger partial charge in [-0.2, -0.15) is 0 Å². The van der Waals surface area contributed by atoms with Gasteiger partial charge in [0.15, 0.2) is 0 Å². The van der Waals surface area contributed by atoms with E-state index in [-0.39, 0.29) is 11.9 Å². The predicted molar refractivity (Wildman–Crippen MR) is 80.4 cm³/mol. The van der Waals surface area contributed by atoms with Crippen LogP contribution >= 0.6 is 11.3 Å². The Morgan fingerprint density at radius 2 is 2.33 bits per heavy atom. The van der Waals surface area contributed by atoms with E-state index in [1.54, 1.807) is 17.5 Å². The van der Waals surface area contributed by atoms with Crippen LogP contribution in [0.3, 0.4) is 0 Å². The van der Waals surface area contributed by atoms with Gasteiger partial charge in [-0.25, -0.2) is 4.98 Å². The lowest BCUT2D eigenvalue weighted by Crippen LogP contribution is -2.43. The van der Waals surface area contributed by atoms with Crippen molar-refractivity contribution in [3.8, 4) is 0 Å². The van der Waals surface area contributed by atoms with E-state index >= 15 is 0 Å². The van der Waals surface area contributed by atoms with Crippen molar-refractivity contribution in [1.29, 1.82) is 0 Å². The van der Waals surface area contributed by atoms with Crippen LogP contribution in [0.5, 0.6) is 0 Å². The summed E-state index contributed by atoms with van der Waals surface area (Å²) in [5.41, 5.74) is 2.41. The van der Waals surface area contributed by atoms with Crippen molar-refractivity contribution < 1.29 is 9.53 Å². The Bertz CT molecular complexity index is 656. The van der Waals surface area contributed by atoms with Crippen LogP contribution in [0.25, 0.3) is 0 Å². The molecule has 5 nitrogen and oxygen atoms in total. The molecule has 0 saturated carbocycles. The molecular weight excluding hydrogens is 286 g/mol. The fraction of sp³-hybridized carbons (Fsp3) is 0.400. The summed E-state index contributed by atoms with van der Waals surface area (Å²) >= 11 is 1.59. The van der Waals surface area contributed by atoms with E-state index in [0.29, 0.717) is 25.5 Å². The molecule has 3 heterocycles. The number of morpholine rings is 1. The number of rotatable bonds is 2. The first-order valence-corrected chi connectivity index (χ1v) is 7.76. The summed E-state index contributed by atoms with van der Waals surface area (Å²) in [5, 5.41) is 3.00. The monoisotopic (exact) mass is 303 g/mol. The highest BCUT2D eigenvalue weighted by atomic mass is 32.1. The van der Waals surface area contributed by atoms with Crippen molar-refractivity contribution in [2.24, 2.45) is 0 Å². The third-order valence-electron chi connectivity index (χ3n) is 3.50. The van der Waals surface area contributed by atoms with E-state index in [1.807, 2.05) is 36.3 Å². The summed E-state index contributed by atoms with van der Waals surface area (Å²) < 4.78 is 5.54. The molecule has 0 radical (unpaired) electrons. The smallest absolute Gasteiger partial charge is 0.273 e. The normalized spacial score (nSPS) is 18.8. The van der Waals surface area contributed by atoms with Gasteiger partial charge >= 0.3 is 0 Å². The molecular formula is C15H17N3O2S. The summed E-state index contributed by atoms with van der Waals surface area (Å²) in [5.74, 6) is -0.0577. The van der Waals surface area contributed by atoms with Gasteiger partial charge in [-0.15, -0.1) is 11.3 Å². The minimum Gasteiger partial charge on any atom is -0.377 e. The molecule has 0 spiro atoms. The Hall–Kier alpha value is -1.79. The summed E-state index contributed by atoms with van der Waals surface area (Å²) in [6.07, 6.45) is 1.67. The van der Waals surface area contributed by atoms with Gasteiger partial charge in [0.05, 0.1) is 30.0 Å². The van der Waals surface area contributed by atoms with Crippen LogP contribution < -0.4 is 0 Å². The number of carbonyl (C=O) groups is 1. The second kappa shape index (κ2) is 5.91. The number of hydrogen-bond acceptors (Lipinski definition) is 5. The molecule has 1 amide bonds. The topological polar surface area (TPSA) is 55.3 Å². The molecule has 1 aliphatic heterocycles. The van der Waals surface area contributed by atoms with Gasteiger partial charge in [0.2, 0.25) is 0 Å². The minimum absolute atomic E-state index is 0.0577. The molecule has 1 atom stereocenters. The number of carbonyl (C=O) groups excluding carboxylic acids is 1. The lowest BCUT2D eigenvalue weighted by molar-refractivity contribution is -0.00407. The minimum atomic E-state index is -0.126. The highest BCUT2D eigenvalue weighted by Crippen LogP contribution is 2.26. The highest BCUT2D eigenvalue weighted by Gasteiger charge is 2.31. The van der Waals surface area contributed by atoms with Crippen molar-refractivity contribution in [2.45, 2.75) is 19.9 Å². The number of aromatic nitrogens is 2. The quantitative estimate of drug-likeness (QED) is 0.854. The Balaban J connectivity index is 1.89. The number of nitrogens with zero attached hydrogens (tertiary/aromatic N) is 3. The molecule has 1 aliphatic rings. The summed E-state index contributed by atoms with van der Waals surface area (Å²) in [6.45, 7) is 5.53. The van der Waals surface area contributed by atoms with Crippen LogP contribution in [-0.4, -0.2) is 40.5 Å². The molecule has 0 bridgehead atoms. The maximum absolute atomic E-state index is 12.7. The molecule has 2 aromatic rings. The van der Waals surface area contributed by atoms with E-state index in [2.05, 4.69) is 9.97 Å². The van der Waals surface area contributed by atoms with Crippen molar-refractivity contribution >= 4 is 17.2 Å². The van der Waals surface area contributed by atoms with Gasteiger partial charge in [0, 0.05) is 18.1 Å². The fourth-order valence-corrected chi connectivity index (χ4v) is 3.08. The standard InChI is InChI=1S/C15H17N3O2S/c1-10-3-4-16-12(7-10)15(19)18-5-6-20-8-14(18)13-9-21-11(2)17-13/h3-4,7,9,14H,5-6,8H2,1-2H3/t14-/m1/s1. The van der Waals surface area contributed by atoms with E-state index < -0.39 is 0 Å². The van der Waals surface area contributed by atoms with Gasteiger partial charge in [0.1, 0.15) is 5.69 Å². The molecule has 6 heteroatoms. The molecule has 3 rings (SSSR count).